The molecular formula is C20H21BrN2O4. The molecular weight excluding hydrogens is 412 g/mol. The number of nitrogens with zero attached hydrogens (tertiary/aromatic N) is 1. The molecule has 2 aromatic carbocycles. The lowest BCUT2D eigenvalue weighted by molar-refractivity contribution is -0.0157. The van der Waals surface area contributed by atoms with E-state index in [4.69, 9.17) is 4.74 Å². The zero-order valence-electron chi connectivity index (χ0n) is 14.9. The Morgan fingerprint density at radius 1 is 1.15 bits per heavy atom. The number of rotatable bonds is 3. The molecule has 1 heterocycles. The van der Waals surface area contributed by atoms with Crippen LogP contribution < -0.4 is 5.32 Å². The van der Waals surface area contributed by atoms with Crippen molar-refractivity contribution in [1.29, 1.82) is 0 Å². The van der Waals surface area contributed by atoms with Gasteiger partial charge in [0.25, 0.3) is 0 Å². The quantitative estimate of drug-likeness (QED) is 0.723. The van der Waals surface area contributed by atoms with E-state index in [-0.39, 0.29) is 6.03 Å². The van der Waals surface area contributed by atoms with Crippen LogP contribution in [0.3, 0.4) is 0 Å². The molecule has 1 fully saturated rings. The predicted molar refractivity (Wildman–Crippen MR) is 106 cm³/mol. The second-order valence-electron chi connectivity index (χ2n) is 6.53. The number of ether oxygens (including phenoxy) is 1. The van der Waals surface area contributed by atoms with Crippen LogP contribution in [-0.4, -0.2) is 42.2 Å². The number of anilines is 1. The molecule has 1 aliphatic rings. The lowest BCUT2D eigenvalue weighted by atomic mass is 9.84. The number of hydrogen-bond donors (Lipinski definition) is 2. The number of methoxy groups -OCH3 is 1. The first-order chi connectivity index (χ1) is 12.9. The van der Waals surface area contributed by atoms with Crippen molar-refractivity contribution in [3.63, 3.8) is 0 Å². The van der Waals surface area contributed by atoms with Crippen LogP contribution in [-0.2, 0) is 10.3 Å². The third-order valence-corrected chi connectivity index (χ3v) is 5.32. The first-order valence-corrected chi connectivity index (χ1v) is 9.43. The van der Waals surface area contributed by atoms with Crippen molar-refractivity contribution in [2.45, 2.75) is 18.4 Å². The molecule has 0 unspecified atom stereocenters. The first kappa shape index (κ1) is 19.4. The number of nitrogens with one attached hydrogen (secondary N) is 1. The predicted octanol–water partition coefficient (Wildman–Crippen LogP) is 3.75. The summed E-state index contributed by atoms with van der Waals surface area (Å²) in [6.45, 7) is 0.879. The van der Waals surface area contributed by atoms with Crippen LogP contribution in [0.25, 0.3) is 0 Å². The maximum atomic E-state index is 12.5. The third-order valence-electron chi connectivity index (χ3n) is 4.79. The number of piperidine rings is 1. The third kappa shape index (κ3) is 4.48. The van der Waals surface area contributed by atoms with Crippen LogP contribution in [0.15, 0.2) is 53.0 Å². The summed E-state index contributed by atoms with van der Waals surface area (Å²) in [7, 11) is 1.31. The Balaban J connectivity index is 1.62. The van der Waals surface area contributed by atoms with Gasteiger partial charge in [0.1, 0.15) is 0 Å². The minimum absolute atomic E-state index is 0.255. The van der Waals surface area contributed by atoms with Gasteiger partial charge in [-0.2, -0.15) is 0 Å². The molecule has 1 saturated heterocycles. The number of esters is 1. The molecule has 142 valence electrons. The van der Waals surface area contributed by atoms with Gasteiger partial charge in [0.2, 0.25) is 0 Å². The number of carbonyl (C=O) groups is 2. The fourth-order valence-electron chi connectivity index (χ4n) is 3.17. The molecule has 3 rings (SSSR count). The highest BCUT2D eigenvalue weighted by Crippen LogP contribution is 2.33. The number of amides is 2. The van der Waals surface area contributed by atoms with Crippen molar-refractivity contribution in [1.82, 2.24) is 4.90 Å². The normalized spacial score (nSPS) is 15.9. The SMILES string of the molecule is COC(=O)c1cccc(NC(=O)N2CCC(O)(c3ccc(Br)cc3)CC2)c1. The number of likely N-dealkylation sites (tertiary alicyclic amines) is 1. The van der Waals surface area contributed by atoms with Gasteiger partial charge in [-0.25, -0.2) is 9.59 Å². The van der Waals surface area contributed by atoms with Crippen LogP contribution in [0.2, 0.25) is 0 Å². The van der Waals surface area contributed by atoms with E-state index in [9.17, 15) is 14.7 Å². The van der Waals surface area contributed by atoms with E-state index < -0.39 is 11.6 Å². The van der Waals surface area contributed by atoms with Crippen molar-refractivity contribution >= 4 is 33.6 Å². The Bertz CT molecular complexity index is 830. The van der Waals surface area contributed by atoms with Crippen LogP contribution in [0.4, 0.5) is 10.5 Å². The van der Waals surface area contributed by atoms with Gasteiger partial charge >= 0.3 is 12.0 Å². The highest BCUT2D eigenvalue weighted by Gasteiger charge is 2.35. The zero-order valence-corrected chi connectivity index (χ0v) is 16.5. The van der Waals surface area contributed by atoms with Crippen LogP contribution in [0.1, 0.15) is 28.8 Å². The molecule has 0 atom stereocenters. The maximum Gasteiger partial charge on any atom is 0.337 e. The second-order valence-corrected chi connectivity index (χ2v) is 7.44. The Hall–Kier alpha value is -2.38. The van der Waals surface area contributed by atoms with Crippen molar-refractivity contribution in [3.8, 4) is 0 Å². The molecule has 6 nitrogen and oxygen atoms in total. The summed E-state index contributed by atoms with van der Waals surface area (Å²) in [4.78, 5) is 25.8. The van der Waals surface area contributed by atoms with Gasteiger partial charge in [0, 0.05) is 23.2 Å². The van der Waals surface area contributed by atoms with Crippen molar-refractivity contribution < 1.29 is 19.4 Å². The molecule has 0 radical (unpaired) electrons. The van der Waals surface area contributed by atoms with Crippen molar-refractivity contribution in [2.75, 3.05) is 25.5 Å². The molecule has 0 aliphatic carbocycles. The number of benzene rings is 2. The molecule has 27 heavy (non-hydrogen) atoms. The Morgan fingerprint density at radius 3 is 2.44 bits per heavy atom. The largest absolute Gasteiger partial charge is 0.465 e. The van der Waals surface area contributed by atoms with Gasteiger partial charge in [0.15, 0.2) is 0 Å². The second kappa shape index (κ2) is 8.10. The summed E-state index contributed by atoms with van der Waals surface area (Å²) in [5.74, 6) is -0.455. The fourth-order valence-corrected chi connectivity index (χ4v) is 3.44. The van der Waals surface area contributed by atoms with Crippen LogP contribution >= 0.6 is 15.9 Å². The molecule has 2 aromatic rings. The van der Waals surface area contributed by atoms with E-state index in [2.05, 4.69) is 21.2 Å². The summed E-state index contributed by atoms with van der Waals surface area (Å²) in [5, 5.41) is 13.7. The number of aliphatic hydroxyl groups is 1. The van der Waals surface area contributed by atoms with E-state index in [0.29, 0.717) is 37.2 Å². The summed E-state index contributed by atoms with van der Waals surface area (Å²) < 4.78 is 5.65. The average molecular weight is 433 g/mol. The van der Waals surface area contributed by atoms with Gasteiger partial charge in [-0.05, 0) is 48.7 Å². The van der Waals surface area contributed by atoms with Gasteiger partial charge in [-0.15, -0.1) is 0 Å². The van der Waals surface area contributed by atoms with Gasteiger partial charge in [0.05, 0.1) is 18.3 Å². The maximum absolute atomic E-state index is 12.5. The number of hydrogen-bond acceptors (Lipinski definition) is 4. The first-order valence-electron chi connectivity index (χ1n) is 8.64. The number of carbonyl (C=O) groups excluding carboxylic acids is 2. The lowest BCUT2D eigenvalue weighted by Crippen LogP contribution is -2.46. The molecule has 0 bridgehead atoms. The summed E-state index contributed by atoms with van der Waals surface area (Å²) in [6, 6.07) is 14.0. The van der Waals surface area contributed by atoms with E-state index in [0.717, 1.165) is 10.0 Å². The lowest BCUT2D eigenvalue weighted by Gasteiger charge is -2.38. The topological polar surface area (TPSA) is 78.9 Å². The van der Waals surface area contributed by atoms with E-state index >= 15 is 0 Å². The Morgan fingerprint density at radius 2 is 1.81 bits per heavy atom. The Labute approximate surface area is 166 Å². The number of halogens is 1. The minimum Gasteiger partial charge on any atom is -0.465 e. The minimum atomic E-state index is -0.928. The van der Waals surface area contributed by atoms with Crippen LogP contribution in [0.5, 0.6) is 0 Å². The van der Waals surface area contributed by atoms with Gasteiger partial charge < -0.3 is 20.1 Å². The molecule has 7 heteroatoms. The highest BCUT2D eigenvalue weighted by atomic mass is 79.9. The molecule has 0 aromatic heterocycles. The van der Waals surface area contributed by atoms with E-state index in [1.54, 1.807) is 29.2 Å². The summed E-state index contributed by atoms with van der Waals surface area (Å²) in [6.07, 6.45) is 0.925. The smallest absolute Gasteiger partial charge is 0.337 e. The highest BCUT2D eigenvalue weighted by molar-refractivity contribution is 9.10. The monoisotopic (exact) mass is 432 g/mol. The average Bonchev–Trinajstić information content (AvgIpc) is 2.68. The summed E-state index contributed by atoms with van der Waals surface area (Å²) >= 11 is 3.39. The summed E-state index contributed by atoms with van der Waals surface area (Å²) in [5.41, 5.74) is 0.828. The van der Waals surface area contributed by atoms with E-state index in [1.807, 2.05) is 24.3 Å². The molecule has 2 N–H and O–H groups in total. The van der Waals surface area contributed by atoms with Crippen LogP contribution in [0, 0.1) is 0 Å². The Kier molecular flexibility index (Phi) is 5.82. The standard InChI is InChI=1S/C20H21BrN2O4/c1-27-18(24)14-3-2-4-17(13-14)22-19(25)23-11-9-20(26,10-12-23)15-5-7-16(21)8-6-15/h2-8,13,26H,9-12H2,1H3,(H,22,25). The van der Waals surface area contributed by atoms with Crippen molar-refractivity contribution in [2.24, 2.45) is 0 Å². The van der Waals surface area contributed by atoms with Crippen molar-refractivity contribution in [3.05, 3.63) is 64.1 Å². The molecule has 0 saturated carbocycles. The zero-order chi connectivity index (χ0) is 19.4. The molecule has 2 amide bonds. The van der Waals surface area contributed by atoms with Gasteiger partial charge in [-0.1, -0.05) is 34.1 Å². The molecule has 0 spiro atoms. The molecule has 1 aliphatic heterocycles. The number of urea groups is 1. The van der Waals surface area contributed by atoms with Gasteiger partial charge in [-0.3, -0.25) is 0 Å². The van der Waals surface area contributed by atoms with E-state index in [1.165, 1.54) is 7.11 Å². The fraction of sp³-hybridized carbons (Fsp3) is 0.300.